The van der Waals surface area contributed by atoms with Crippen molar-refractivity contribution in [1.29, 1.82) is 0 Å². The number of thiocarbonyl (C=S) groups is 1. The summed E-state index contributed by atoms with van der Waals surface area (Å²) in [4.78, 5) is 3.62. The van der Waals surface area contributed by atoms with Gasteiger partial charge in [-0.1, -0.05) is 48.5 Å². The van der Waals surface area contributed by atoms with Crippen LogP contribution in [0.1, 0.15) is 11.1 Å². The van der Waals surface area contributed by atoms with Crippen LogP contribution >= 0.6 is 12.2 Å². The average molecular weight is 344 g/mol. The fourth-order valence-corrected chi connectivity index (χ4v) is 3.25. The summed E-state index contributed by atoms with van der Waals surface area (Å²) in [5.74, 6) is -0.104. The number of hydrogen-bond donors (Lipinski definition) is 2. The fraction of sp³-hybridized carbons (Fsp3) is 0.316. The lowest BCUT2D eigenvalue weighted by Crippen LogP contribution is -3.13. The molecule has 0 saturated carbocycles. The molecule has 3 nitrogen and oxygen atoms in total. The van der Waals surface area contributed by atoms with Crippen LogP contribution in [0.15, 0.2) is 54.6 Å². The number of quaternary nitrogens is 1. The molecule has 5 heteroatoms. The largest absolute Gasteiger partial charge is 0.358 e. The number of piperazine rings is 1. The first kappa shape index (κ1) is 16.9. The lowest BCUT2D eigenvalue weighted by Gasteiger charge is -2.34. The van der Waals surface area contributed by atoms with Crippen LogP contribution in [0, 0.1) is 5.82 Å². The molecule has 1 aliphatic heterocycles. The molecule has 0 radical (unpaired) electrons. The maximum Gasteiger partial charge on any atom is 0.169 e. The highest BCUT2D eigenvalue weighted by atomic mass is 32.1. The molecular formula is C19H23FN3S+. The van der Waals surface area contributed by atoms with Crippen molar-refractivity contribution in [3.05, 3.63) is 71.5 Å². The van der Waals surface area contributed by atoms with Gasteiger partial charge in [0.15, 0.2) is 5.11 Å². The molecule has 1 saturated heterocycles. The zero-order valence-electron chi connectivity index (χ0n) is 13.7. The molecule has 1 fully saturated rings. The molecule has 0 bridgehead atoms. The zero-order valence-corrected chi connectivity index (χ0v) is 14.5. The van der Waals surface area contributed by atoms with Crippen molar-refractivity contribution in [3.63, 3.8) is 0 Å². The van der Waals surface area contributed by atoms with Gasteiger partial charge < -0.3 is 15.1 Å². The Morgan fingerprint density at radius 1 is 1.04 bits per heavy atom. The Balaban J connectivity index is 1.44. The van der Waals surface area contributed by atoms with E-state index in [9.17, 15) is 4.39 Å². The minimum absolute atomic E-state index is 0.104. The first-order valence-electron chi connectivity index (χ1n) is 8.36. The molecule has 1 aliphatic rings. The molecule has 24 heavy (non-hydrogen) atoms. The maximum absolute atomic E-state index is 13.8. The summed E-state index contributed by atoms with van der Waals surface area (Å²) < 4.78 is 13.8. The molecule has 2 N–H and O–H groups in total. The van der Waals surface area contributed by atoms with E-state index in [1.807, 2.05) is 30.3 Å². The Morgan fingerprint density at radius 2 is 1.71 bits per heavy atom. The van der Waals surface area contributed by atoms with Gasteiger partial charge >= 0.3 is 0 Å². The molecule has 126 valence electrons. The van der Waals surface area contributed by atoms with Crippen LogP contribution in [0.25, 0.3) is 0 Å². The molecule has 2 aromatic carbocycles. The number of halogens is 1. The van der Waals surface area contributed by atoms with Crippen LogP contribution in [-0.2, 0) is 13.1 Å². The molecule has 1 heterocycles. The second-order valence-corrected chi connectivity index (χ2v) is 6.54. The van der Waals surface area contributed by atoms with Crippen LogP contribution in [0.3, 0.4) is 0 Å². The molecule has 3 rings (SSSR count). The second kappa shape index (κ2) is 8.22. The van der Waals surface area contributed by atoms with Crippen LogP contribution in [0.5, 0.6) is 0 Å². The van der Waals surface area contributed by atoms with E-state index in [1.165, 1.54) is 16.5 Å². The summed E-state index contributed by atoms with van der Waals surface area (Å²) in [6.07, 6.45) is 0. The summed E-state index contributed by atoms with van der Waals surface area (Å²) in [5.41, 5.74) is 2.02. The Bertz CT molecular complexity index is 669. The Kier molecular flexibility index (Phi) is 5.77. The van der Waals surface area contributed by atoms with E-state index in [-0.39, 0.29) is 5.82 Å². The third kappa shape index (κ3) is 4.52. The van der Waals surface area contributed by atoms with E-state index in [0.29, 0.717) is 0 Å². The summed E-state index contributed by atoms with van der Waals surface area (Å²) in [5, 5.41) is 4.14. The van der Waals surface area contributed by atoms with Gasteiger partial charge in [0.25, 0.3) is 0 Å². The van der Waals surface area contributed by atoms with Gasteiger partial charge in [0, 0.05) is 12.1 Å². The van der Waals surface area contributed by atoms with Crippen molar-refractivity contribution >= 4 is 17.3 Å². The van der Waals surface area contributed by atoms with Gasteiger partial charge in [-0.25, -0.2) is 4.39 Å². The summed E-state index contributed by atoms with van der Waals surface area (Å²) >= 11 is 5.51. The lowest BCUT2D eigenvalue weighted by molar-refractivity contribution is -0.917. The smallest absolute Gasteiger partial charge is 0.169 e. The van der Waals surface area contributed by atoms with Gasteiger partial charge in [-0.05, 0) is 23.8 Å². The predicted molar refractivity (Wildman–Crippen MR) is 98.3 cm³/mol. The highest BCUT2D eigenvalue weighted by Crippen LogP contribution is 2.05. The van der Waals surface area contributed by atoms with E-state index in [1.54, 1.807) is 6.07 Å². The van der Waals surface area contributed by atoms with Crippen LogP contribution in [-0.4, -0.2) is 36.2 Å². The predicted octanol–water partition coefficient (Wildman–Crippen LogP) is 1.60. The second-order valence-electron chi connectivity index (χ2n) is 6.15. The number of rotatable bonds is 4. The van der Waals surface area contributed by atoms with E-state index in [0.717, 1.165) is 49.9 Å². The Morgan fingerprint density at radius 3 is 2.42 bits per heavy atom. The van der Waals surface area contributed by atoms with Crippen LogP contribution in [0.4, 0.5) is 4.39 Å². The van der Waals surface area contributed by atoms with E-state index < -0.39 is 0 Å². The van der Waals surface area contributed by atoms with E-state index >= 15 is 0 Å². The highest BCUT2D eigenvalue weighted by Gasteiger charge is 2.22. The first-order valence-corrected chi connectivity index (χ1v) is 8.77. The van der Waals surface area contributed by atoms with Gasteiger partial charge in [-0.15, -0.1) is 0 Å². The van der Waals surface area contributed by atoms with Crippen molar-refractivity contribution in [2.75, 3.05) is 26.2 Å². The number of benzene rings is 2. The summed E-state index contributed by atoms with van der Waals surface area (Å²) in [7, 11) is 0. The van der Waals surface area contributed by atoms with Crippen molar-refractivity contribution in [2.24, 2.45) is 0 Å². The molecule has 0 atom stereocenters. The van der Waals surface area contributed by atoms with Crippen LogP contribution < -0.4 is 10.2 Å². The van der Waals surface area contributed by atoms with Gasteiger partial charge in [-0.2, -0.15) is 0 Å². The number of nitrogens with zero attached hydrogens (tertiary/aromatic N) is 1. The molecule has 0 spiro atoms. The van der Waals surface area contributed by atoms with Gasteiger partial charge in [0.2, 0.25) is 0 Å². The van der Waals surface area contributed by atoms with E-state index in [4.69, 9.17) is 12.2 Å². The van der Waals surface area contributed by atoms with Crippen molar-refractivity contribution in [1.82, 2.24) is 10.2 Å². The zero-order chi connectivity index (χ0) is 16.8. The fourth-order valence-electron chi connectivity index (χ4n) is 3.00. The first-order chi connectivity index (χ1) is 11.7. The average Bonchev–Trinajstić information content (AvgIpc) is 2.63. The monoisotopic (exact) mass is 344 g/mol. The Hall–Kier alpha value is -1.98. The minimum atomic E-state index is -0.104. The maximum atomic E-state index is 13.8. The third-order valence-electron chi connectivity index (χ3n) is 4.44. The lowest BCUT2D eigenvalue weighted by atomic mass is 10.2. The molecule has 2 aromatic rings. The SMILES string of the molecule is Fc1ccccc1C[NH+]1CCN(C(=S)NCc2ccccc2)CC1. The molecule has 0 unspecified atom stereocenters. The molecule has 0 aromatic heterocycles. The molecular weight excluding hydrogens is 321 g/mol. The van der Waals surface area contributed by atoms with Crippen LogP contribution in [0.2, 0.25) is 0 Å². The van der Waals surface area contributed by atoms with Crippen molar-refractivity contribution in [2.45, 2.75) is 13.1 Å². The highest BCUT2D eigenvalue weighted by molar-refractivity contribution is 7.80. The van der Waals surface area contributed by atoms with Gasteiger partial charge in [-0.3, -0.25) is 0 Å². The summed E-state index contributed by atoms with van der Waals surface area (Å²) in [6, 6.07) is 17.3. The quantitative estimate of drug-likeness (QED) is 0.822. The third-order valence-corrected chi connectivity index (χ3v) is 4.85. The van der Waals surface area contributed by atoms with Crippen molar-refractivity contribution in [3.8, 4) is 0 Å². The van der Waals surface area contributed by atoms with Gasteiger partial charge in [0.05, 0.1) is 26.2 Å². The number of hydrogen-bond acceptors (Lipinski definition) is 1. The Labute approximate surface area is 148 Å². The number of nitrogens with one attached hydrogen (secondary N) is 2. The van der Waals surface area contributed by atoms with Gasteiger partial charge in [0.1, 0.15) is 12.4 Å². The normalized spacial score (nSPS) is 15.3. The van der Waals surface area contributed by atoms with Crippen molar-refractivity contribution < 1.29 is 9.29 Å². The molecule has 0 amide bonds. The standard InChI is InChI=1S/C19H22FN3S/c20-18-9-5-4-8-17(18)15-22-10-12-23(13-11-22)19(24)21-14-16-6-2-1-3-7-16/h1-9H,10-15H2,(H,21,24)/p+1. The topological polar surface area (TPSA) is 19.7 Å². The minimum Gasteiger partial charge on any atom is -0.358 e. The molecule has 0 aliphatic carbocycles. The van der Waals surface area contributed by atoms with E-state index in [2.05, 4.69) is 22.3 Å². The summed E-state index contributed by atoms with van der Waals surface area (Å²) in [6.45, 7) is 5.25.